The van der Waals surface area contributed by atoms with Gasteiger partial charge in [0.15, 0.2) is 5.78 Å². The summed E-state index contributed by atoms with van der Waals surface area (Å²) in [5.41, 5.74) is 3.30. The normalized spacial score (nSPS) is 14.2. The van der Waals surface area contributed by atoms with Crippen LogP contribution in [0, 0.1) is 5.92 Å². The molecule has 1 aromatic carbocycles. The van der Waals surface area contributed by atoms with Crippen molar-refractivity contribution >= 4 is 11.9 Å². The first kappa shape index (κ1) is 12.9. The number of Topliss-reactive ketones (excluding diaryl/α,β-unsaturated/α-hetero) is 1. The summed E-state index contributed by atoms with van der Waals surface area (Å²) in [6, 6.07) is 6.57. The molecule has 1 heterocycles. The molecule has 1 aliphatic heterocycles. The van der Waals surface area contributed by atoms with Crippen LogP contribution in [-0.2, 0) is 6.54 Å². The van der Waals surface area contributed by atoms with E-state index < -0.39 is 0 Å². The van der Waals surface area contributed by atoms with E-state index in [-0.39, 0.29) is 11.7 Å². The maximum atomic E-state index is 12.0. The van der Waals surface area contributed by atoms with Crippen LogP contribution >= 0.6 is 0 Å². The molecule has 1 aromatic rings. The second-order valence-electron chi connectivity index (χ2n) is 5.51. The minimum Gasteiger partial charge on any atom is -0.371 e. The first-order valence-corrected chi connectivity index (χ1v) is 6.60. The zero-order chi connectivity index (χ0) is 13.3. The Morgan fingerprint density at radius 1 is 1.22 bits per heavy atom. The van der Waals surface area contributed by atoms with Crippen molar-refractivity contribution in [3.05, 3.63) is 41.1 Å². The van der Waals surface area contributed by atoms with Gasteiger partial charge in [-0.25, -0.2) is 0 Å². The molecule has 18 heavy (non-hydrogen) atoms. The van der Waals surface area contributed by atoms with Gasteiger partial charge < -0.3 is 4.90 Å². The number of carbonyl (C=O) groups excluding carboxylic acids is 1. The molecule has 0 amide bonds. The molecule has 0 atom stereocenters. The van der Waals surface area contributed by atoms with Gasteiger partial charge in [0.05, 0.1) is 0 Å². The van der Waals surface area contributed by atoms with Crippen molar-refractivity contribution in [3.63, 3.8) is 0 Å². The van der Waals surface area contributed by atoms with Gasteiger partial charge in [-0.2, -0.15) is 0 Å². The molecule has 0 bridgehead atoms. The van der Waals surface area contributed by atoms with Crippen LogP contribution in [0.4, 0.5) is 0 Å². The zero-order valence-corrected chi connectivity index (χ0v) is 11.6. The molecular formula is C16H21NO. The number of hydrogen-bond donors (Lipinski definition) is 0. The van der Waals surface area contributed by atoms with E-state index in [0.29, 0.717) is 6.04 Å². The van der Waals surface area contributed by atoms with E-state index in [0.717, 1.165) is 12.1 Å². The van der Waals surface area contributed by atoms with Crippen molar-refractivity contribution in [2.75, 3.05) is 0 Å². The molecule has 0 radical (unpaired) electrons. The Balaban J connectivity index is 2.29. The Morgan fingerprint density at radius 3 is 2.56 bits per heavy atom. The summed E-state index contributed by atoms with van der Waals surface area (Å²) >= 11 is 0. The summed E-state index contributed by atoms with van der Waals surface area (Å²) < 4.78 is 0. The topological polar surface area (TPSA) is 20.3 Å². The van der Waals surface area contributed by atoms with Crippen molar-refractivity contribution in [3.8, 4) is 0 Å². The summed E-state index contributed by atoms with van der Waals surface area (Å²) in [4.78, 5) is 14.3. The summed E-state index contributed by atoms with van der Waals surface area (Å²) in [6.07, 6.45) is 4.23. The molecule has 2 heteroatoms. The lowest BCUT2D eigenvalue weighted by Crippen LogP contribution is -2.27. The molecule has 0 aliphatic carbocycles. The highest BCUT2D eigenvalue weighted by atomic mass is 16.1. The molecule has 1 aliphatic rings. The van der Waals surface area contributed by atoms with Gasteiger partial charge in [-0.15, -0.1) is 0 Å². The summed E-state index contributed by atoms with van der Waals surface area (Å²) in [5, 5.41) is 0. The van der Waals surface area contributed by atoms with Crippen molar-refractivity contribution < 1.29 is 4.79 Å². The van der Waals surface area contributed by atoms with E-state index in [1.807, 2.05) is 26.0 Å². The van der Waals surface area contributed by atoms with Crippen molar-refractivity contribution in [2.24, 2.45) is 5.92 Å². The number of benzene rings is 1. The molecule has 2 nitrogen and oxygen atoms in total. The second-order valence-corrected chi connectivity index (χ2v) is 5.51. The maximum Gasteiger partial charge on any atom is 0.165 e. The molecule has 0 spiro atoms. The highest BCUT2D eigenvalue weighted by molar-refractivity contribution is 5.98. The Kier molecular flexibility index (Phi) is 3.55. The fourth-order valence-electron chi connectivity index (χ4n) is 2.16. The van der Waals surface area contributed by atoms with Crippen LogP contribution in [0.3, 0.4) is 0 Å². The number of fused-ring (bicyclic) bond motifs is 1. The van der Waals surface area contributed by atoms with Gasteiger partial charge in [-0.1, -0.05) is 26.0 Å². The Labute approximate surface area is 109 Å². The average Bonchev–Trinajstić information content (AvgIpc) is 2.36. The molecular weight excluding hydrogens is 222 g/mol. The Hall–Kier alpha value is -1.57. The van der Waals surface area contributed by atoms with E-state index in [9.17, 15) is 4.79 Å². The fourth-order valence-corrected chi connectivity index (χ4v) is 2.16. The van der Waals surface area contributed by atoms with Gasteiger partial charge in [-0.3, -0.25) is 4.79 Å². The lowest BCUT2D eigenvalue weighted by Gasteiger charge is -2.29. The maximum absolute atomic E-state index is 12.0. The third-order valence-corrected chi connectivity index (χ3v) is 3.42. The summed E-state index contributed by atoms with van der Waals surface area (Å²) in [6.45, 7) is 9.19. The summed E-state index contributed by atoms with van der Waals surface area (Å²) in [7, 11) is 0. The van der Waals surface area contributed by atoms with Gasteiger partial charge in [0.1, 0.15) is 0 Å². The number of ketones is 1. The van der Waals surface area contributed by atoms with Crippen LogP contribution in [0.1, 0.15) is 49.2 Å². The van der Waals surface area contributed by atoms with Gasteiger partial charge in [0.2, 0.25) is 0 Å². The quantitative estimate of drug-likeness (QED) is 0.754. The first-order chi connectivity index (χ1) is 8.49. The van der Waals surface area contributed by atoms with E-state index in [1.165, 1.54) is 11.1 Å². The molecule has 0 aromatic heterocycles. The zero-order valence-electron chi connectivity index (χ0n) is 11.6. The minimum atomic E-state index is 0.0581. The lowest BCUT2D eigenvalue weighted by atomic mass is 9.95. The van der Waals surface area contributed by atoms with Crippen molar-refractivity contribution in [1.82, 2.24) is 4.90 Å². The number of hydrogen-bond acceptors (Lipinski definition) is 2. The fraction of sp³-hybridized carbons (Fsp3) is 0.438. The Morgan fingerprint density at radius 2 is 1.94 bits per heavy atom. The molecule has 0 unspecified atom stereocenters. The molecule has 0 saturated heterocycles. The van der Waals surface area contributed by atoms with Crippen molar-refractivity contribution in [2.45, 2.75) is 40.3 Å². The SMILES string of the molecule is CC(C)C(=O)c1ccc2c(c1)C=CN(C(C)C)C2. The van der Waals surface area contributed by atoms with E-state index in [2.05, 4.69) is 37.1 Å². The van der Waals surface area contributed by atoms with E-state index in [4.69, 9.17) is 0 Å². The Bertz CT molecular complexity index is 486. The van der Waals surface area contributed by atoms with Crippen molar-refractivity contribution in [1.29, 1.82) is 0 Å². The third kappa shape index (κ3) is 2.47. The lowest BCUT2D eigenvalue weighted by molar-refractivity contribution is 0.0939. The van der Waals surface area contributed by atoms with Crippen LogP contribution in [-0.4, -0.2) is 16.7 Å². The first-order valence-electron chi connectivity index (χ1n) is 6.60. The largest absolute Gasteiger partial charge is 0.371 e. The van der Waals surface area contributed by atoms with E-state index >= 15 is 0 Å². The molecule has 2 rings (SSSR count). The number of carbonyl (C=O) groups is 1. The third-order valence-electron chi connectivity index (χ3n) is 3.42. The number of nitrogens with zero attached hydrogens (tertiary/aromatic N) is 1. The molecule has 0 N–H and O–H groups in total. The highest BCUT2D eigenvalue weighted by Crippen LogP contribution is 2.23. The van der Waals surface area contributed by atoms with Crippen LogP contribution in [0.15, 0.2) is 24.4 Å². The average molecular weight is 243 g/mol. The van der Waals surface area contributed by atoms with Gasteiger partial charge in [0.25, 0.3) is 0 Å². The van der Waals surface area contributed by atoms with Crippen LogP contribution in [0.5, 0.6) is 0 Å². The molecule has 96 valence electrons. The number of rotatable bonds is 3. The van der Waals surface area contributed by atoms with Crippen LogP contribution < -0.4 is 0 Å². The van der Waals surface area contributed by atoms with Crippen LogP contribution in [0.25, 0.3) is 6.08 Å². The smallest absolute Gasteiger partial charge is 0.165 e. The van der Waals surface area contributed by atoms with Gasteiger partial charge in [0, 0.05) is 30.3 Å². The second kappa shape index (κ2) is 4.97. The predicted octanol–water partition coefficient (Wildman–Crippen LogP) is 3.72. The van der Waals surface area contributed by atoms with Gasteiger partial charge in [-0.05, 0) is 37.1 Å². The standard InChI is InChI=1S/C16H21NO/c1-11(2)16(18)14-5-6-15-10-17(12(3)4)8-7-13(15)9-14/h5-9,11-12H,10H2,1-4H3. The predicted molar refractivity (Wildman–Crippen MR) is 75.3 cm³/mol. The summed E-state index contributed by atoms with van der Waals surface area (Å²) in [5.74, 6) is 0.278. The molecule has 0 fully saturated rings. The molecule has 0 saturated carbocycles. The van der Waals surface area contributed by atoms with Gasteiger partial charge >= 0.3 is 0 Å². The van der Waals surface area contributed by atoms with E-state index in [1.54, 1.807) is 0 Å². The monoisotopic (exact) mass is 243 g/mol. The van der Waals surface area contributed by atoms with Crippen LogP contribution in [0.2, 0.25) is 0 Å². The highest BCUT2D eigenvalue weighted by Gasteiger charge is 2.16. The minimum absolute atomic E-state index is 0.0581.